The van der Waals surface area contributed by atoms with Crippen molar-refractivity contribution in [2.45, 2.75) is 39.7 Å². The number of amides is 1. The van der Waals surface area contributed by atoms with E-state index < -0.39 is 5.82 Å². The average Bonchev–Trinajstić information content (AvgIpc) is 2.46. The molecule has 1 unspecified atom stereocenters. The SMILES string of the molecule is CCCNC(C)c1ccc(OCCC(=O)NCC)c(F)c1. The van der Waals surface area contributed by atoms with Gasteiger partial charge in [0.15, 0.2) is 11.6 Å². The van der Waals surface area contributed by atoms with Gasteiger partial charge in [0.05, 0.1) is 13.0 Å². The van der Waals surface area contributed by atoms with Crippen LogP contribution in [0.2, 0.25) is 0 Å². The maximum absolute atomic E-state index is 14.0. The van der Waals surface area contributed by atoms with Crippen LogP contribution in [0.5, 0.6) is 5.75 Å². The van der Waals surface area contributed by atoms with Gasteiger partial charge in [-0.3, -0.25) is 4.79 Å². The fourth-order valence-electron chi connectivity index (χ4n) is 1.92. The minimum Gasteiger partial charge on any atom is -0.490 e. The van der Waals surface area contributed by atoms with E-state index in [2.05, 4.69) is 17.6 Å². The molecule has 5 heteroatoms. The van der Waals surface area contributed by atoms with Crippen molar-refractivity contribution in [2.24, 2.45) is 0 Å². The Balaban J connectivity index is 2.52. The quantitative estimate of drug-likeness (QED) is 0.737. The van der Waals surface area contributed by atoms with Crippen molar-refractivity contribution in [3.63, 3.8) is 0 Å². The van der Waals surface area contributed by atoms with Gasteiger partial charge >= 0.3 is 0 Å². The van der Waals surface area contributed by atoms with Crippen molar-refractivity contribution in [3.05, 3.63) is 29.6 Å². The zero-order valence-electron chi connectivity index (χ0n) is 13.0. The smallest absolute Gasteiger partial charge is 0.223 e. The van der Waals surface area contributed by atoms with Gasteiger partial charge in [0.25, 0.3) is 0 Å². The van der Waals surface area contributed by atoms with Gasteiger partial charge in [0.2, 0.25) is 5.91 Å². The van der Waals surface area contributed by atoms with Crippen LogP contribution in [0.25, 0.3) is 0 Å². The summed E-state index contributed by atoms with van der Waals surface area (Å²) in [5.41, 5.74) is 0.886. The number of carbonyl (C=O) groups excluding carboxylic acids is 1. The monoisotopic (exact) mass is 296 g/mol. The van der Waals surface area contributed by atoms with Crippen LogP contribution >= 0.6 is 0 Å². The van der Waals surface area contributed by atoms with E-state index in [1.54, 1.807) is 6.07 Å². The molecule has 118 valence electrons. The zero-order chi connectivity index (χ0) is 15.7. The lowest BCUT2D eigenvalue weighted by Gasteiger charge is -2.15. The summed E-state index contributed by atoms with van der Waals surface area (Å²) in [5, 5.41) is 5.98. The van der Waals surface area contributed by atoms with Crippen LogP contribution < -0.4 is 15.4 Å². The van der Waals surface area contributed by atoms with E-state index >= 15 is 0 Å². The zero-order valence-corrected chi connectivity index (χ0v) is 13.0. The molecular formula is C16H25FN2O2. The molecule has 0 radical (unpaired) electrons. The Bertz CT molecular complexity index is 452. The lowest BCUT2D eigenvalue weighted by Crippen LogP contribution is -2.24. The van der Waals surface area contributed by atoms with Crippen LogP contribution in [0.15, 0.2) is 18.2 Å². The van der Waals surface area contributed by atoms with Crippen molar-refractivity contribution in [2.75, 3.05) is 19.7 Å². The molecule has 0 fully saturated rings. The van der Waals surface area contributed by atoms with E-state index in [1.165, 1.54) is 6.07 Å². The van der Waals surface area contributed by atoms with Crippen LogP contribution in [0.4, 0.5) is 4.39 Å². The van der Waals surface area contributed by atoms with E-state index in [0.717, 1.165) is 18.5 Å². The van der Waals surface area contributed by atoms with Crippen molar-refractivity contribution in [3.8, 4) is 5.75 Å². The maximum atomic E-state index is 14.0. The van der Waals surface area contributed by atoms with Crippen molar-refractivity contribution in [1.82, 2.24) is 10.6 Å². The molecule has 1 aromatic rings. The second-order valence-electron chi connectivity index (χ2n) is 4.92. The summed E-state index contributed by atoms with van der Waals surface area (Å²) in [4.78, 5) is 11.3. The number of ether oxygens (including phenoxy) is 1. The summed E-state index contributed by atoms with van der Waals surface area (Å²) in [6.45, 7) is 7.60. The third-order valence-corrected chi connectivity index (χ3v) is 3.12. The van der Waals surface area contributed by atoms with E-state index in [1.807, 2.05) is 19.9 Å². The second-order valence-corrected chi connectivity index (χ2v) is 4.92. The van der Waals surface area contributed by atoms with Gasteiger partial charge in [-0.05, 0) is 44.5 Å². The van der Waals surface area contributed by atoms with E-state index in [4.69, 9.17) is 4.74 Å². The highest BCUT2D eigenvalue weighted by Gasteiger charge is 2.10. The Kier molecular flexibility index (Phi) is 7.75. The predicted molar refractivity (Wildman–Crippen MR) is 81.9 cm³/mol. The predicted octanol–water partition coefficient (Wildman–Crippen LogP) is 2.79. The molecule has 1 atom stereocenters. The molecule has 0 aliphatic carbocycles. The standard InChI is InChI=1S/C16H25FN2O2/c1-4-9-19-12(3)13-6-7-15(14(17)11-13)21-10-8-16(20)18-5-2/h6-7,11-12,19H,4-5,8-10H2,1-3H3,(H,18,20). The first-order valence-electron chi connectivity index (χ1n) is 7.50. The molecule has 0 aliphatic heterocycles. The van der Waals surface area contributed by atoms with Gasteiger partial charge in [0, 0.05) is 12.6 Å². The van der Waals surface area contributed by atoms with Crippen LogP contribution in [0.3, 0.4) is 0 Å². The molecule has 1 amide bonds. The molecule has 1 rings (SSSR count). The van der Waals surface area contributed by atoms with Gasteiger partial charge < -0.3 is 15.4 Å². The summed E-state index contributed by atoms with van der Waals surface area (Å²) in [6, 6.07) is 5.04. The number of hydrogen-bond acceptors (Lipinski definition) is 3. The highest BCUT2D eigenvalue weighted by atomic mass is 19.1. The normalized spacial score (nSPS) is 12.0. The van der Waals surface area contributed by atoms with Crippen LogP contribution in [-0.4, -0.2) is 25.6 Å². The van der Waals surface area contributed by atoms with Gasteiger partial charge in [-0.2, -0.15) is 0 Å². The second kappa shape index (κ2) is 9.34. The molecule has 0 saturated carbocycles. The van der Waals surface area contributed by atoms with Gasteiger partial charge in [-0.25, -0.2) is 4.39 Å². The number of hydrogen-bond donors (Lipinski definition) is 2. The molecular weight excluding hydrogens is 271 g/mol. The van der Waals surface area contributed by atoms with Gasteiger partial charge in [-0.1, -0.05) is 13.0 Å². The van der Waals surface area contributed by atoms with E-state index in [9.17, 15) is 9.18 Å². The minimum atomic E-state index is -0.395. The van der Waals surface area contributed by atoms with Crippen LogP contribution in [0, 0.1) is 5.82 Å². The number of carbonyl (C=O) groups is 1. The topological polar surface area (TPSA) is 50.4 Å². The molecule has 0 heterocycles. The first-order valence-corrected chi connectivity index (χ1v) is 7.50. The lowest BCUT2D eigenvalue weighted by molar-refractivity contribution is -0.121. The summed E-state index contributed by atoms with van der Waals surface area (Å²) < 4.78 is 19.3. The molecule has 4 nitrogen and oxygen atoms in total. The van der Waals surface area contributed by atoms with Crippen molar-refractivity contribution >= 4 is 5.91 Å². The summed E-state index contributed by atoms with van der Waals surface area (Å²) >= 11 is 0. The lowest BCUT2D eigenvalue weighted by atomic mass is 10.1. The van der Waals surface area contributed by atoms with Crippen molar-refractivity contribution in [1.29, 1.82) is 0 Å². The molecule has 0 spiro atoms. The third kappa shape index (κ3) is 6.12. The van der Waals surface area contributed by atoms with E-state index in [-0.39, 0.29) is 30.7 Å². The largest absolute Gasteiger partial charge is 0.490 e. The maximum Gasteiger partial charge on any atom is 0.223 e. The van der Waals surface area contributed by atoms with Crippen LogP contribution in [0.1, 0.15) is 45.2 Å². The fourth-order valence-corrected chi connectivity index (χ4v) is 1.92. The third-order valence-electron chi connectivity index (χ3n) is 3.12. The molecule has 0 aliphatic rings. The Hall–Kier alpha value is -1.62. The summed E-state index contributed by atoms with van der Waals surface area (Å²) in [5.74, 6) is -0.300. The molecule has 21 heavy (non-hydrogen) atoms. The Morgan fingerprint density at radius 3 is 2.76 bits per heavy atom. The van der Waals surface area contributed by atoms with Gasteiger partial charge in [-0.15, -0.1) is 0 Å². The number of rotatable bonds is 9. The molecule has 0 bridgehead atoms. The molecule has 0 saturated heterocycles. The first kappa shape index (κ1) is 17.4. The highest BCUT2D eigenvalue weighted by Crippen LogP contribution is 2.22. The molecule has 2 N–H and O–H groups in total. The summed E-state index contributed by atoms with van der Waals surface area (Å²) in [7, 11) is 0. The number of nitrogens with one attached hydrogen (secondary N) is 2. The van der Waals surface area contributed by atoms with Crippen molar-refractivity contribution < 1.29 is 13.9 Å². The number of halogens is 1. The molecule has 1 aromatic carbocycles. The fraction of sp³-hybridized carbons (Fsp3) is 0.562. The highest BCUT2D eigenvalue weighted by molar-refractivity contribution is 5.75. The van der Waals surface area contributed by atoms with E-state index in [0.29, 0.717) is 6.54 Å². The Morgan fingerprint density at radius 1 is 1.38 bits per heavy atom. The molecule has 0 aromatic heterocycles. The number of benzene rings is 1. The Labute approximate surface area is 126 Å². The Morgan fingerprint density at radius 2 is 2.14 bits per heavy atom. The van der Waals surface area contributed by atoms with Gasteiger partial charge in [0.1, 0.15) is 0 Å². The first-order chi connectivity index (χ1) is 10.1. The van der Waals surface area contributed by atoms with Crippen LogP contribution in [-0.2, 0) is 4.79 Å². The average molecular weight is 296 g/mol. The minimum absolute atomic E-state index is 0.0908. The summed E-state index contributed by atoms with van der Waals surface area (Å²) in [6.07, 6.45) is 1.26.